The van der Waals surface area contributed by atoms with Crippen molar-refractivity contribution in [2.45, 2.75) is 69.6 Å². The van der Waals surface area contributed by atoms with Crippen molar-refractivity contribution in [2.75, 3.05) is 41.5 Å². The van der Waals surface area contributed by atoms with E-state index in [-0.39, 0.29) is 54.6 Å². The van der Waals surface area contributed by atoms with Crippen molar-refractivity contribution >= 4 is 92.6 Å². The lowest BCUT2D eigenvalue weighted by Crippen LogP contribution is -2.49. The van der Waals surface area contributed by atoms with Crippen molar-refractivity contribution in [1.82, 2.24) is 5.32 Å². The molecule has 0 saturated carbocycles. The van der Waals surface area contributed by atoms with Crippen LogP contribution in [0.5, 0.6) is 0 Å². The lowest BCUT2D eigenvalue weighted by molar-refractivity contribution is -0.684. The van der Waals surface area contributed by atoms with Crippen LogP contribution >= 0.6 is 21.6 Å². The molecule has 2 aliphatic rings. The predicted molar refractivity (Wildman–Crippen MR) is 255 cm³/mol. The third-order valence-electron chi connectivity index (χ3n) is 11.4. The molecule has 0 spiro atoms. The second kappa shape index (κ2) is 23.9. The Morgan fingerprint density at radius 1 is 0.672 bits per heavy atom. The minimum atomic E-state index is -1.23. The van der Waals surface area contributed by atoms with Crippen LogP contribution in [0.3, 0.4) is 0 Å². The minimum absolute atomic E-state index is 0.0206. The van der Waals surface area contributed by atoms with E-state index in [1.165, 1.54) is 14.0 Å². The molecule has 2 aromatic carbocycles. The fourth-order valence-electron chi connectivity index (χ4n) is 7.84. The molecular formula is C49H55N5O11S2+2. The number of aliphatic hydroxyl groups excluding tert-OH is 2. The Bertz CT molecular complexity index is 2430. The number of aliphatic carboxylic acids is 2. The zero-order valence-corrected chi connectivity index (χ0v) is 38.8. The van der Waals surface area contributed by atoms with Gasteiger partial charge >= 0.3 is 17.9 Å². The first-order valence-corrected chi connectivity index (χ1v) is 24.2. The summed E-state index contributed by atoms with van der Waals surface area (Å²) >= 11 is 0. The highest BCUT2D eigenvalue weighted by Gasteiger charge is 2.37. The monoisotopic (exact) mass is 953 g/mol. The summed E-state index contributed by atoms with van der Waals surface area (Å²) in [5.41, 5.74) is 5.27. The highest BCUT2D eigenvalue weighted by Crippen LogP contribution is 2.29. The Hall–Kier alpha value is -6.34. The number of nitrogens with zero attached hydrogens (tertiary/aromatic N) is 4. The van der Waals surface area contributed by atoms with Crippen molar-refractivity contribution in [3.63, 3.8) is 0 Å². The Labute approximate surface area is 396 Å². The number of aromatic nitrogens is 2. The molecule has 1 amide bonds. The summed E-state index contributed by atoms with van der Waals surface area (Å²) in [7, 11) is 3.57. The first-order valence-electron chi connectivity index (χ1n) is 21.7. The highest BCUT2D eigenvalue weighted by atomic mass is 33.1. The van der Waals surface area contributed by atoms with Gasteiger partial charge in [-0.15, -0.1) is 0 Å². The number of anilines is 2. The van der Waals surface area contributed by atoms with Gasteiger partial charge in [0.1, 0.15) is 12.1 Å². The van der Waals surface area contributed by atoms with Gasteiger partial charge in [-0.1, -0.05) is 70.2 Å². The molecule has 2 aromatic heterocycles. The van der Waals surface area contributed by atoms with E-state index in [4.69, 9.17) is 4.74 Å². The standard InChI is InChI=1S/C49H53N5O11S2/c1-32(55)44-24-41(57)27-53(44)38-11-7-33(8-12-38)3-5-35-15-19-51(20-16-35)26-40(56)23-37(47(60)61)30-66-67-31-43(48(62)63)50-46(59)29-52-21-17-36(18-22-52)6-4-34-9-13-39(14-10-34)54-28-42(58)25-45(54)49(64)65-2/h3-22,37,41-45,57-58H,23-31H2,1-2H3,(H-2,50,59,60,61,62,63)/p+2. The number of carbonyl (C=O) groups is 6. The number of rotatable bonds is 22. The number of methoxy groups -OCH3 is 1. The number of amides is 1. The number of hydrogen-bond donors (Lipinski definition) is 5. The average Bonchev–Trinajstić information content (AvgIpc) is 3.91. The van der Waals surface area contributed by atoms with Crippen molar-refractivity contribution in [3.8, 4) is 0 Å². The number of carboxylic acid groups (broad SMARTS) is 2. The Kier molecular flexibility index (Phi) is 17.9. The third-order valence-corrected chi connectivity index (χ3v) is 13.9. The molecule has 6 unspecified atom stereocenters. The van der Waals surface area contributed by atoms with E-state index in [2.05, 4.69) is 5.32 Å². The molecule has 2 fully saturated rings. The van der Waals surface area contributed by atoms with Crippen molar-refractivity contribution in [3.05, 3.63) is 120 Å². The predicted octanol–water partition coefficient (Wildman–Crippen LogP) is 3.55. The average molecular weight is 954 g/mol. The summed E-state index contributed by atoms with van der Waals surface area (Å²) in [4.78, 5) is 77.8. The molecule has 352 valence electrons. The maximum absolute atomic E-state index is 12.9. The molecular weight excluding hydrogens is 899 g/mol. The molecule has 2 aliphatic heterocycles. The number of nitrogens with one attached hydrogen (secondary N) is 1. The number of carbonyl (C=O) groups excluding carboxylic acids is 4. The number of benzene rings is 2. The Balaban J connectivity index is 0.899. The summed E-state index contributed by atoms with van der Waals surface area (Å²) in [5.74, 6) is -4.49. The van der Waals surface area contributed by atoms with Crippen LogP contribution in [-0.4, -0.2) is 118 Å². The van der Waals surface area contributed by atoms with Gasteiger partial charge in [0.15, 0.2) is 36.4 Å². The maximum atomic E-state index is 12.9. The third kappa shape index (κ3) is 14.6. The first-order chi connectivity index (χ1) is 32.1. The fourth-order valence-corrected chi connectivity index (χ4v) is 10.3. The van der Waals surface area contributed by atoms with Gasteiger partial charge in [-0.2, -0.15) is 9.13 Å². The van der Waals surface area contributed by atoms with Crippen LogP contribution in [0.2, 0.25) is 0 Å². The zero-order chi connectivity index (χ0) is 48.0. The lowest BCUT2D eigenvalue weighted by Gasteiger charge is -2.24. The van der Waals surface area contributed by atoms with Gasteiger partial charge in [0.05, 0.1) is 31.3 Å². The van der Waals surface area contributed by atoms with Gasteiger partial charge < -0.3 is 40.3 Å². The van der Waals surface area contributed by atoms with E-state index >= 15 is 0 Å². The summed E-state index contributed by atoms with van der Waals surface area (Å²) in [5, 5.41) is 42.3. The van der Waals surface area contributed by atoms with Crippen molar-refractivity contribution in [2.24, 2.45) is 5.92 Å². The van der Waals surface area contributed by atoms with Crippen LogP contribution in [0, 0.1) is 5.92 Å². The second-order valence-corrected chi connectivity index (χ2v) is 19.1. The number of pyridine rings is 2. The number of ketones is 2. The molecule has 67 heavy (non-hydrogen) atoms. The summed E-state index contributed by atoms with van der Waals surface area (Å²) in [6.07, 6.45) is 13.9. The highest BCUT2D eigenvalue weighted by molar-refractivity contribution is 8.76. The Morgan fingerprint density at radius 2 is 1.12 bits per heavy atom. The molecule has 6 rings (SSSR count). The number of hydrogen-bond acceptors (Lipinski definition) is 13. The van der Waals surface area contributed by atoms with E-state index in [0.717, 1.165) is 55.2 Å². The van der Waals surface area contributed by atoms with Crippen LogP contribution in [0.15, 0.2) is 97.6 Å². The maximum Gasteiger partial charge on any atom is 0.328 e. The lowest BCUT2D eigenvalue weighted by atomic mass is 10.0. The van der Waals surface area contributed by atoms with Crippen LogP contribution in [-0.2, 0) is 46.6 Å². The summed E-state index contributed by atoms with van der Waals surface area (Å²) < 4.78 is 8.18. The van der Waals surface area contributed by atoms with Crippen molar-refractivity contribution in [1.29, 1.82) is 0 Å². The van der Waals surface area contributed by atoms with Crippen LogP contribution in [0.4, 0.5) is 11.4 Å². The first kappa shape index (κ1) is 50.1. The van der Waals surface area contributed by atoms with E-state index in [1.807, 2.05) is 107 Å². The quantitative estimate of drug-likeness (QED) is 0.0330. The number of aliphatic hydroxyl groups is 2. The zero-order valence-electron chi connectivity index (χ0n) is 37.1. The molecule has 4 heterocycles. The molecule has 0 aliphatic carbocycles. The van der Waals surface area contributed by atoms with E-state index in [9.17, 15) is 49.2 Å². The van der Waals surface area contributed by atoms with E-state index in [1.54, 1.807) is 33.9 Å². The molecule has 0 radical (unpaired) electrons. The largest absolute Gasteiger partial charge is 0.481 e. The van der Waals surface area contributed by atoms with E-state index < -0.39 is 48.1 Å². The topological polar surface area (TPSA) is 219 Å². The molecule has 0 bridgehead atoms. The van der Waals surface area contributed by atoms with Crippen LogP contribution in [0.1, 0.15) is 48.4 Å². The van der Waals surface area contributed by atoms with Gasteiger partial charge in [-0.05, 0) is 53.4 Å². The van der Waals surface area contributed by atoms with Gasteiger partial charge in [0.2, 0.25) is 13.1 Å². The molecule has 4 aromatic rings. The number of carboxylic acids is 2. The van der Waals surface area contributed by atoms with Gasteiger partial charge in [0, 0.05) is 79.5 Å². The normalized spacial score (nSPS) is 19.1. The summed E-state index contributed by atoms with van der Waals surface area (Å²) in [6, 6.07) is 20.5. The smallest absolute Gasteiger partial charge is 0.328 e. The van der Waals surface area contributed by atoms with Gasteiger partial charge in [0.25, 0.3) is 5.91 Å². The van der Waals surface area contributed by atoms with Crippen molar-refractivity contribution < 1.29 is 63.1 Å². The molecule has 2 saturated heterocycles. The Morgan fingerprint density at radius 3 is 1.58 bits per heavy atom. The summed E-state index contributed by atoms with van der Waals surface area (Å²) in [6.45, 7) is 2.14. The van der Waals surface area contributed by atoms with Crippen LogP contribution < -0.4 is 24.3 Å². The van der Waals surface area contributed by atoms with E-state index in [0.29, 0.717) is 25.9 Å². The molecule has 16 nitrogen and oxygen atoms in total. The fraction of sp³-hybridized carbons (Fsp3) is 0.347. The minimum Gasteiger partial charge on any atom is -0.481 e. The second-order valence-electron chi connectivity index (χ2n) is 16.5. The number of β-amino-alcohol motifs (C(OH)–C–C–N with tert-alkyl or cyclic N) is 2. The number of esters is 1. The SMILES string of the molecule is COC(=O)C1CC(O)CN1c1ccc(/C=C/c2cc[n+](CC(=O)NC(CSSCC(CC(=O)C[n+]3ccc(/C=C/c4ccc(N5CC(O)CC5C(C)=O)cc4)cc3)C(=O)O)C(=O)O)cc2)cc1. The molecule has 18 heteroatoms. The van der Waals surface area contributed by atoms with Crippen LogP contribution in [0.25, 0.3) is 24.3 Å². The molecule has 5 N–H and O–H groups in total. The van der Waals surface area contributed by atoms with Gasteiger partial charge in [-0.25, -0.2) is 9.59 Å². The molecule has 6 atom stereocenters. The van der Waals surface area contributed by atoms with Gasteiger partial charge in [-0.3, -0.25) is 19.2 Å². The number of ether oxygens (including phenoxy) is 1. The number of Topliss-reactive ketones (excluding diaryl/α,β-unsaturated/α-hetero) is 2.